The second kappa shape index (κ2) is 8.74. The number of carbonyl (C=O) groups excluding carboxylic acids is 3. The molecule has 2 aliphatic rings. The highest BCUT2D eigenvalue weighted by molar-refractivity contribution is 8.00. The Labute approximate surface area is 177 Å². The number of hydrogen-bond acceptors (Lipinski definition) is 6. The number of anilines is 2. The molecular weight excluding hydrogens is 409 g/mol. The number of fused-ring (bicyclic) bond motifs is 1. The number of hydrogen-bond donors (Lipinski definition) is 1. The third-order valence-corrected chi connectivity index (χ3v) is 6.07. The van der Waals surface area contributed by atoms with E-state index in [9.17, 15) is 18.8 Å². The fraction of sp³-hybridized carbons (Fsp3) is 0.286. The van der Waals surface area contributed by atoms with Gasteiger partial charge in [-0.05, 0) is 30.3 Å². The normalized spacial score (nSPS) is 16.0. The van der Waals surface area contributed by atoms with Gasteiger partial charge in [-0.15, -0.1) is 11.8 Å². The molecule has 1 N–H and O–H groups in total. The predicted molar refractivity (Wildman–Crippen MR) is 111 cm³/mol. The number of benzene rings is 2. The second-order valence-electron chi connectivity index (χ2n) is 6.94. The second-order valence-corrected chi connectivity index (χ2v) is 7.96. The molecule has 1 saturated heterocycles. The van der Waals surface area contributed by atoms with Gasteiger partial charge in [-0.25, -0.2) is 9.18 Å². The SMILES string of the molecule is O=C1CSc2ccc(C(=O)OCC(=O)N3CCN(c4ccccc4F)CC3)cc2N1. The molecule has 30 heavy (non-hydrogen) atoms. The minimum Gasteiger partial charge on any atom is -0.452 e. The van der Waals surface area contributed by atoms with Crippen LogP contribution in [0.2, 0.25) is 0 Å². The first-order chi connectivity index (χ1) is 14.5. The van der Waals surface area contributed by atoms with Crippen LogP contribution >= 0.6 is 11.8 Å². The number of nitrogens with one attached hydrogen (secondary N) is 1. The van der Waals surface area contributed by atoms with E-state index in [0.717, 1.165) is 4.90 Å². The molecule has 2 heterocycles. The summed E-state index contributed by atoms with van der Waals surface area (Å²) in [5.74, 6) is -0.983. The Balaban J connectivity index is 1.29. The van der Waals surface area contributed by atoms with Crippen molar-refractivity contribution in [2.45, 2.75) is 4.90 Å². The summed E-state index contributed by atoms with van der Waals surface area (Å²) in [6, 6.07) is 11.5. The number of para-hydroxylation sites is 1. The minimum absolute atomic E-state index is 0.122. The maximum Gasteiger partial charge on any atom is 0.338 e. The fourth-order valence-electron chi connectivity index (χ4n) is 3.42. The van der Waals surface area contributed by atoms with Gasteiger partial charge >= 0.3 is 5.97 Å². The van der Waals surface area contributed by atoms with Crippen LogP contribution in [0.4, 0.5) is 15.8 Å². The lowest BCUT2D eigenvalue weighted by Gasteiger charge is -2.36. The number of amides is 2. The van der Waals surface area contributed by atoms with Crippen LogP contribution in [0, 0.1) is 5.82 Å². The molecule has 2 aromatic carbocycles. The molecule has 2 aromatic rings. The highest BCUT2D eigenvalue weighted by Gasteiger charge is 2.24. The number of esters is 1. The predicted octanol–water partition coefficient (Wildman–Crippen LogP) is 2.38. The zero-order valence-electron chi connectivity index (χ0n) is 16.1. The van der Waals surface area contributed by atoms with E-state index in [4.69, 9.17) is 4.74 Å². The summed E-state index contributed by atoms with van der Waals surface area (Å²) in [5, 5.41) is 2.72. The summed E-state index contributed by atoms with van der Waals surface area (Å²) in [7, 11) is 0. The molecule has 2 amide bonds. The van der Waals surface area contributed by atoms with Crippen LogP contribution in [-0.4, -0.2) is 61.2 Å². The Morgan fingerprint density at radius 3 is 2.63 bits per heavy atom. The summed E-state index contributed by atoms with van der Waals surface area (Å²) < 4.78 is 19.1. The van der Waals surface area contributed by atoms with Crippen LogP contribution < -0.4 is 10.2 Å². The first-order valence-electron chi connectivity index (χ1n) is 9.52. The van der Waals surface area contributed by atoms with E-state index < -0.39 is 5.97 Å². The van der Waals surface area contributed by atoms with Crippen molar-refractivity contribution < 1.29 is 23.5 Å². The van der Waals surface area contributed by atoms with E-state index in [1.54, 1.807) is 41.3 Å². The fourth-order valence-corrected chi connectivity index (χ4v) is 4.21. The molecule has 0 saturated carbocycles. The Hall–Kier alpha value is -3.07. The van der Waals surface area contributed by atoms with Crippen molar-refractivity contribution in [1.82, 2.24) is 4.90 Å². The number of carbonyl (C=O) groups is 3. The molecule has 1 fully saturated rings. The lowest BCUT2D eigenvalue weighted by Crippen LogP contribution is -2.50. The summed E-state index contributed by atoms with van der Waals surface area (Å²) in [4.78, 5) is 40.6. The third kappa shape index (κ3) is 4.40. The van der Waals surface area contributed by atoms with Crippen molar-refractivity contribution in [3.63, 3.8) is 0 Å². The molecule has 2 aliphatic heterocycles. The van der Waals surface area contributed by atoms with Gasteiger partial charge in [0.05, 0.1) is 22.7 Å². The Morgan fingerprint density at radius 1 is 1.10 bits per heavy atom. The van der Waals surface area contributed by atoms with Gasteiger partial charge in [-0.1, -0.05) is 12.1 Å². The summed E-state index contributed by atoms with van der Waals surface area (Å²) in [6.45, 7) is 1.49. The van der Waals surface area contributed by atoms with Crippen molar-refractivity contribution in [2.75, 3.05) is 48.8 Å². The topological polar surface area (TPSA) is 79.0 Å². The molecule has 0 bridgehead atoms. The van der Waals surface area contributed by atoms with Gasteiger partial charge < -0.3 is 19.9 Å². The number of nitrogens with zero attached hydrogens (tertiary/aromatic N) is 2. The third-order valence-electron chi connectivity index (χ3n) is 5.00. The number of halogens is 1. The standard InChI is InChI=1S/C21H20FN3O4S/c22-15-3-1-2-4-17(15)24-7-9-25(10-8-24)20(27)12-29-21(28)14-5-6-18-16(11-14)23-19(26)13-30-18/h1-6,11H,7-10,12-13H2,(H,23,26). The van der Waals surface area contributed by atoms with Crippen molar-refractivity contribution in [3.8, 4) is 0 Å². The molecule has 0 atom stereocenters. The van der Waals surface area contributed by atoms with Crippen LogP contribution in [0.25, 0.3) is 0 Å². The minimum atomic E-state index is -0.624. The van der Waals surface area contributed by atoms with E-state index in [1.165, 1.54) is 17.8 Å². The van der Waals surface area contributed by atoms with Gasteiger partial charge in [0.1, 0.15) is 5.82 Å². The lowest BCUT2D eigenvalue weighted by atomic mass is 10.2. The highest BCUT2D eigenvalue weighted by atomic mass is 32.2. The van der Waals surface area contributed by atoms with E-state index >= 15 is 0 Å². The summed E-state index contributed by atoms with van der Waals surface area (Å²) >= 11 is 1.40. The molecule has 7 nitrogen and oxygen atoms in total. The van der Waals surface area contributed by atoms with Crippen LogP contribution in [0.1, 0.15) is 10.4 Å². The van der Waals surface area contributed by atoms with E-state index in [2.05, 4.69) is 5.32 Å². The van der Waals surface area contributed by atoms with Crippen molar-refractivity contribution in [1.29, 1.82) is 0 Å². The Morgan fingerprint density at radius 2 is 1.87 bits per heavy atom. The van der Waals surface area contributed by atoms with Gasteiger partial charge in [-0.2, -0.15) is 0 Å². The van der Waals surface area contributed by atoms with Crippen LogP contribution in [-0.2, 0) is 14.3 Å². The summed E-state index contributed by atoms with van der Waals surface area (Å²) in [5.41, 5.74) is 1.36. The van der Waals surface area contributed by atoms with Gasteiger partial charge in [0.15, 0.2) is 6.61 Å². The molecule has 0 aromatic heterocycles. The molecule has 0 unspecified atom stereocenters. The molecular formula is C21H20FN3O4S. The monoisotopic (exact) mass is 429 g/mol. The molecule has 156 valence electrons. The maximum absolute atomic E-state index is 13.9. The zero-order chi connectivity index (χ0) is 21.1. The van der Waals surface area contributed by atoms with Crippen molar-refractivity contribution >= 4 is 40.9 Å². The summed E-state index contributed by atoms with van der Waals surface area (Å²) in [6.07, 6.45) is 0. The number of thioether (sulfide) groups is 1. The lowest BCUT2D eigenvalue weighted by molar-refractivity contribution is -0.134. The quantitative estimate of drug-likeness (QED) is 0.752. The molecule has 9 heteroatoms. The molecule has 4 rings (SSSR count). The van der Waals surface area contributed by atoms with Gasteiger partial charge in [-0.3, -0.25) is 9.59 Å². The number of piperazine rings is 1. The van der Waals surface area contributed by atoms with Crippen LogP contribution in [0.15, 0.2) is 47.4 Å². The first kappa shape index (κ1) is 20.2. The van der Waals surface area contributed by atoms with Crippen LogP contribution in [0.5, 0.6) is 0 Å². The zero-order valence-corrected chi connectivity index (χ0v) is 16.9. The average Bonchev–Trinajstić information content (AvgIpc) is 2.77. The Kier molecular flexibility index (Phi) is 5.89. The van der Waals surface area contributed by atoms with Gasteiger partial charge in [0.25, 0.3) is 5.91 Å². The average molecular weight is 429 g/mol. The molecule has 0 radical (unpaired) electrons. The van der Waals surface area contributed by atoms with E-state index in [1.807, 2.05) is 4.90 Å². The number of rotatable bonds is 4. The smallest absolute Gasteiger partial charge is 0.338 e. The van der Waals surface area contributed by atoms with Crippen LogP contribution in [0.3, 0.4) is 0 Å². The number of ether oxygens (including phenoxy) is 1. The first-order valence-corrected chi connectivity index (χ1v) is 10.5. The van der Waals surface area contributed by atoms with Crippen molar-refractivity contribution in [3.05, 3.63) is 53.8 Å². The Bertz CT molecular complexity index is 992. The van der Waals surface area contributed by atoms with Gasteiger partial charge in [0.2, 0.25) is 5.91 Å². The van der Waals surface area contributed by atoms with E-state index in [0.29, 0.717) is 43.3 Å². The van der Waals surface area contributed by atoms with Gasteiger partial charge in [0, 0.05) is 31.1 Å². The molecule has 0 spiro atoms. The highest BCUT2D eigenvalue weighted by Crippen LogP contribution is 2.32. The molecule has 0 aliphatic carbocycles. The largest absolute Gasteiger partial charge is 0.452 e. The van der Waals surface area contributed by atoms with Crippen molar-refractivity contribution in [2.24, 2.45) is 0 Å². The maximum atomic E-state index is 13.9. The van der Waals surface area contributed by atoms with E-state index in [-0.39, 0.29) is 29.8 Å².